The van der Waals surface area contributed by atoms with Crippen molar-refractivity contribution in [2.24, 2.45) is 17.8 Å². The molecule has 0 spiro atoms. The third kappa shape index (κ3) is 3.04. The van der Waals surface area contributed by atoms with Gasteiger partial charge in [0.05, 0.1) is 7.11 Å². The van der Waals surface area contributed by atoms with Gasteiger partial charge in [0, 0.05) is 11.9 Å². The zero-order valence-electron chi connectivity index (χ0n) is 11.0. The zero-order valence-corrected chi connectivity index (χ0v) is 12.6. The first-order valence-electron chi connectivity index (χ1n) is 6.70. The lowest BCUT2D eigenvalue weighted by Crippen LogP contribution is -2.54. The summed E-state index contributed by atoms with van der Waals surface area (Å²) in [4.78, 5) is 24.4. The van der Waals surface area contributed by atoms with Crippen LogP contribution in [0.4, 0.5) is 4.79 Å². The molecule has 1 heterocycles. The summed E-state index contributed by atoms with van der Waals surface area (Å²) < 4.78 is 4.71. The molecule has 2 fully saturated rings. The van der Waals surface area contributed by atoms with E-state index < -0.39 is 18.1 Å². The highest BCUT2D eigenvalue weighted by atomic mass is 79.9. The predicted octanol–water partition coefficient (Wildman–Crippen LogP) is 2.34. The number of amides is 1. The Morgan fingerprint density at radius 3 is 2.63 bits per heavy atom. The van der Waals surface area contributed by atoms with Crippen molar-refractivity contribution in [1.82, 2.24) is 4.90 Å². The number of carbonyl (C=O) groups is 2. The number of hydrogen-bond acceptors (Lipinski definition) is 3. The van der Waals surface area contributed by atoms with Crippen molar-refractivity contribution in [1.29, 1.82) is 0 Å². The van der Waals surface area contributed by atoms with Gasteiger partial charge < -0.3 is 9.84 Å². The summed E-state index contributed by atoms with van der Waals surface area (Å²) in [5.74, 6) is 0.550. The van der Waals surface area contributed by atoms with Crippen molar-refractivity contribution in [3.63, 3.8) is 0 Å². The summed E-state index contributed by atoms with van der Waals surface area (Å²) in [5.41, 5.74) is 0. The van der Waals surface area contributed by atoms with Gasteiger partial charge in [-0.25, -0.2) is 9.59 Å². The Bertz CT molecular complexity index is 363. The molecule has 2 aliphatic rings. The average molecular weight is 334 g/mol. The molecule has 1 saturated carbocycles. The Kier molecular flexibility index (Phi) is 4.71. The molecule has 0 aromatic rings. The molecule has 0 bridgehead atoms. The second-order valence-electron chi connectivity index (χ2n) is 5.57. The lowest BCUT2D eigenvalue weighted by Gasteiger charge is -2.45. The molecule has 6 heteroatoms. The minimum atomic E-state index is -0.926. The Morgan fingerprint density at radius 1 is 1.32 bits per heavy atom. The number of alkyl halides is 1. The van der Waals surface area contributed by atoms with E-state index in [-0.39, 0.29) is 0 Å². The standard InChI is InChI=1S/C13H20BrNO4/c1-19-13(18)15-7-9-3-2-8(6-14)4-10(9)5-11(15)12(16)17/h8-11H,2-7H2,1H3,(H,16,17). The minimum Gasteiger partial charge on any atom is -0.480 e. The Hall–Kier alpha value is -0.780. The van der Waals surface area contributed by atoms with Gasteiger partial charge in [0.2, 0.25) is 0 Å². The van der Waals surface area contributed by atoms with E-state index in [1.165, 1.54) is 12.0 Å². The summed E-state index contributed by atoms with van der Waals surface area (Å²) in [6.45, 7) is 0.517. The van der Waals surface area contributed by atoms with E-state index in [1.54, 1.807) is 0 Å². The summed E-state index contributed by atoms with van der Waals surface area (Å²) in [5, 5.41) is 10.3. The van der Waals surface area contributed by atoms with Crippen molar-refractivity contribution in [3.05, 3.63) is 0 Å². The summed E-state index contributed by atoms with van der Waals surface area (Å²) in [6, 6.07) is -0.734. The predicted molar refractivity (Wildman–Crippen MR) is 73.3 cm³/mol. The third-order valence-corrected chi connectivity index (χ3v) is 5.41. The van der Waals surface area contributed by atoms with Gasteiger partial charge in [-0.2, -0.15) is 0 Å². The number of methoxy groups -OCH3 is 1. The van der Waals surface area contributed by atoms with Gasteiger partial charge in [-0.3, -0.25) is 4.90 Å². The fourth-order valence-corrected chi connectivity index (χ4v) is 4.03. The number of ether oxygens (including phenoxy) is 1. The molecule has 4 unspecified atom stereocenters. The van der Waals surface area contributed by atoms with E-state index in [0.29, 0.717) is 30.7 Å². The number of halogens is 1. The Labute approximate surface area is 121 Å². The van der Waals surface area contributed by atoms with Crippen LogP contribution in [0.25, 0.3) is 0 Å². The van der Waals surface area contributed by atoms with Crippen LogP contribution < -0.4 is 0 Å². The van der Waals surface area contributed by atoms with Crippen LogP contribution in [0, 0.1) is 17.8 Å². The highest BCUT2D eigenvalue weighted by molar-refractivity contribution is 9.09. The largest absolute Gasteiger partial charge is 0.480 e. The third-order valence-electron chi connectivity index (χ3n) is 4.49. The van der Waals surface area contributed by atoms with Crippen molar-refractivity contribution >= 4 is 28.0 Å². The highest BCUT2D eigenvalue weighted by Gasteiger charge is 2.43. The van der Waals surface area contributed by atoms with Crippen molar-refractivity contribution in [2.45, 2.75) is 31.7 Å². The average Bonchev–Trinajstić information content (AvgIpc) is 2.44. The number of carboxylic acid groups (broad SMARTS) is 1. The quantitative estimate of drug-likeness (QED) is 0.787. The van der Waals surface area contributed by atoms with Crippen LogP contribution in [0.3, 0.4) is 0 Å². The molecule has 19 heavy (non-hydrogen) atoms. The number of fused-ring (bicyclic) bond motifs is 1. The minimum absolute atomic E-state index is 0.415. The van der Waals surface area contributed by atoms with Crippen LogP contribution in [0.1, 0.15) is 25.7 Å². The van der Waals surface area contributed by atoms with Gasteiger partial charge in [-0.1, -0.05) is 15.9 Å². The van der Waals surface area contributed by atoms with E-state index in [0.717, 1.165) is 24.6 Å². The van der Waals surface area contributed by atoms with E-state index in [9.17, 15) is 14.7 Å². The molecule has 0 aromatic carbocycles. The monoisotopic (exact) mass is 333 g/mol. The number of likely N-dealkylation sites (tertiary alicyclic amines) is 1. The van der Waals surface area contributed by atoms with Gasteiger partial charge in [-0.15, -0.1) is 0 Å². The lowest BCUT2D eigenvalue weighted by atomic mass is 9.69. The van der Waals surface area contributed by atoms with E-state index in [1.807, 2.05) is 0 Å². The molecule has 1 amide bonds. The van der Waals surface area contributed by atoms with Gasteiger partial charge in [0.1, 0.15) is 6.04 Å². The SMILES string of the molecule is COC(=O)N1CC2CCC(CBr)CC2CC1C(=O)O. The van der Waals surface area contributed by atoms with E-state index >= 15 is 0 Å². The zero-order chi connectivity index (χ0) is 14.0. The van der Waals surface area contributed by atoms with Crippen molar-refractivity contribution in [2.75, 3.05) is 19.0 Å². The number of carbonyl (C=O) groups excluding carboxylic acids is 1. The number of carboxylic acids is 1. The molecule has 0 radical (unpaired) electrons. The fraction of sp³-hybridized carbons (Fsp3) is 0.846. The molecular weight excluding hydrogens is 314 g/mol. The van der Waals surface area contributed by atoms with Crippen molar-refractivity contribution < 1.29 is 19.4 Å². The summed E-state index contributed by atoms with van der Waals surface area (Å²) in [7, 11) is 1.30. The van der Waals surface area contributed by atoms with Crippen LogP contribution in [0.2, 0.25) is 0 Å². The van der Waals surface area contributed by atoms with Crippen LogP contribution in [0.15, 0.2) is 0 Å². The molecule has 108 valence electrons. The first-order valence-corrected chi connectivity index (χ1v) is 7.82. The maximum atomic E-state index is 11.7. The van der Waals surface area contributed by atoms with Crippen LogP contribution in [-0.2, 0) is 9.53 Å². The van der Waals surface area contributed by atoms with E-state index in [2.05, 4.69) is 15.9 Å². The Morgan fingerprint density at radius 2 is 2.05 bits per heavy atom. The number of aliphatic carboxylic acids is 1. The molecule has 2 rings (SSSR count). The first-order chi connectivity index (χ1) is 9.06. The van der Waals surface area contributed by atoms with Gasteiger partial charge >= 0.3 is 12.1 Å². The molecule has 1 N–H and O–H groups in total. The summed E-state index contributed by atoms with van der Waals surface area (Å²) >= 11 is 3.52. The van der Waals surface area contributed by atoms with Crippen molar-refractivity contribution in [3.8, 4) is 0 Å². The van der Waals surface area contributed by atoms with Crippen LogP contribution >= 0.6 is 15.9 Å². The molecule has 1 saturated heterocycles. The molecule has 1 aliphatic heterocycles. The van der Waals surface area contributed by atoms with Crippen LogP contribution in [-0.4, -0.2) is 47.1 Å². The van der Waals surface area contributed by atoms with Gasteiger partial charge in [0.25, 0.3) is 0 Å². The van der Waals surface area contributed by atoms with E-state index in [4.69, 9.17) is 4.74 Å². The molecule has 1 aliphatic carbocycles. The molecule has 4 atom stereocenters. The Balaban J connectivity index is 2.10. The normalized spacial score (nSPS) is 34.5. The molecular formula is C13H20BrNO4. The number of nitrogens with zero attached hydrogens (tertiary/aromatic N) is 1. The van der Waals surface area contributed by atoms with Gasteiger partial charge in [0.15, 0.2) is 0 Å². The number of piperidine rings is 1. The topological polar surface area (TPSA) is 66.8 Å². The first kappa shape index (κ1) is 14.6. The number of rotatable bonds is 2. The second-order valence-corrected chi connectivity index (χ2v) is 6.21. The highest BCUT2D eigenvalue weighted by Crippen LogP contribution is 2.41. The summed E-state index contributed by atoms with van der Waals surface area (Å²) in [6.07, 6.45) is 3.32. The van der Waals surface area contributed by atoms with Gasteiger partial charge in [-0.05, 0) is 43.4 Å². The maximum Gasteiger partial charge on any atom is 0.410 e. The van der Waals surface area contributed by atoms with Crippen LogP contribution in [0.5, 0.6) is 0 Å². The smallest absolute Gasteiger partial charge is 0.410 e. The number of hydrogen-bond donors (Lipinski definition) is 1. The fourth-order valence-electron chi connectivity index (χ4n) is 3.44. The lowest BCUT2D eigenvalue weighted by molar-refractivity contribution is -0.146. The second kappa shape index (κ2) is 6.11. The maximum absolute atomic E-state index is 11.7. The molecule has 5 nitrogen and oxygen atoms in total. The molecule has 0 aromatic heterocycles.